The Kier molecular flexibility index (Phi) is 6.80. The van der Waals surface area contributed by atoms with Gasteiger partial charge in [0.1, 0.15) is 11.6 Å². The molecule has 1 aromatic rings. The third-order valence-electron chi connectivity index (χ3n) is 3.81. The summed E-state index contributed by atoms with van der Waals surface area (Å²) in [5, 5.41) is 0.157. The molecule has 0 unspecified atom stereocenters. The summed E-state index contributed by atoms with van der Waals surface area (Å²) >= 11 is 5.82. The number of rotatable bonds is 8. The molecule has 6 nitrogen and oxygen atoms in total. The molecule has 24 heavy (non-hydrogen) atoms. The summed E-state index contributed by atoms with van der Waals surface area (Å²) in [5.41, 5.74) is 0.819. The number of hydrogen-bond acceptors (Lipinski definition) is 5. The van der Waals surface area contributed by atoms with Gasteiger partial charge in [0.2, 0.25) is 0 Å². The fraction of sp³-hybridized carbons (Fsp3) is 0.500. The largest absolute Gasteiger partial charge is 0.330 e. The van der Waals surface area contributed by atoms with Crippen LogP contribution in [0.4, 0.5) is 0 Å². The summed E-state index contributed by atoms with van der Waals surface area (Å²) in [4.78, 5) is 10.3. The number of halogens is 1. The van der Waals surface area contributed by atoms with E-state index in [0.29, 0.717) is 16.7 Å². The summed E-state index contributed by atoms with van der Waals surface area (Å²) < 4.78 is 20.0. The molecule has 3 N–H and O–H groups in total. The van der Waals surface area contributed by atoms with Crippen LogP contribution in [-0.2, 0) is 9.81 Å². The monoisotopic (exact) mass is 370 g/mol. The minimum absolute atomic E-state index is 0.144. The normalized spacial score (nSPS) is 14.1. The molecule has 0 aliphatic carbocycles. The molecule has 0 saturated carbocycles. The van der Waals surface area contributed by atoms with Crippen LogP contribution in [0, 0.1) is 9.56 Å². The third-order valence-corrected chi connectivity index (χ3v) is 6.08. The molecule has 0 spiro atoms. The van der Waals surface area contributed by atoms with E-state index < -0.39 is 9.81 Å². The second-order valence-electron chi connectivity index (χ2n) is 6.16. The van der Waals surface area contributed by atoms with Gasteiger partial charge in [-0.3, -0.25) is 9.56 Å². The van der Waals surface area contributed by atoms with Gasteiger partial charge < -0.3 is 9.62 Å². The summed E-state index contributed by atoms with van der Waals surface area (Å²) in [5.74, 6) is 0.940. The lowest BCUT2D eigenvalue weighted by Crippen LogP contribution is -2.40. The number of nitrogens with one attached hydrogen (secondary N) is 3. The van der Waals surface area contributed by atoms with Gasteiger partial charge in [-0.2, -0.15) is 0 Å². The molecule has 0 aromatic carbocycles. The Bertz CT molecular complexity index is 696. The lowest BCUT2D eigenvalue weighted by Gasteiger charge is -2.34. The molecule has 0 saturated heterocycles. The van der Waals surface area contributed by atoms with E-state index in [2.05, 4.69) is 27.8 Å². The van der Waals surface area contributed by atoms with Crippen LogP contribution >= 0.6 is 11.6 Å². The van der Waals surface area contributed by atoms with E-state index in [4.69, 9.17) is 21.2 Å². The minimum Gasteiger partial charge on any atom is -0.330 e. The fourth-order valence-electron chi connectivity index (χ4n) is 2.38. The van der Waals surface area contributed by atoms with Crippen LogP contribution in [0.1, 0.15) is 46.4 Å². The lowest BCUT2D eigenvalue weighted by atomic mass is 10.1. The van der Waals surface area contributed by atoms with Crippen LogP contribution in [0.25, 0.3) is 0 Å². The second-order valence-corrected chi connectivity index (χ2v) is 8.86. The van der Waals surface area contributed by atoms with Gasteiger partial charge in [0, 0.05) is 45.1 Å². The van der Waals surface area contributed by atoms with Gasteiger partial charge in [-0.05, 0) is 27.7 Å². The molecule has 134 valence electrons. The van der Waals surface area contributed by atoms with Crippen LogP contribution in [0.3, 0.4) is 0 Å². The van der Waals surface area contributed by atoms with E-state index in [1.54, 1.807) is 0 Å². The van der Waals surface area contributed by atoms with Gasteiger partial charge in [0.05, 0.1) is 5.02 Å². The number of allylic oxidation sites excluding steroid dienone is 1. The SMILES string of the molecule is C=C(C)N(C(=C)NS(=N)(=N)[C@@H](C)[C@H](C)c1ncc(Cl)cn1)C(C)C. The molecule has 0 bridgehead atoms. The Labute approximate surface area is 150 Å². The van der Waals surface area contributed by atoms with Crippen LogP contribution in [-0.4, -0.2) is 26.2 Å². The summed E-state index contributed by atoms with van der Waals surface area (Å²) in [6.07, 6.45) is 3.07. The lowest BCUT2D eigenvalue weighted by molar-refractivity contribution is 0.346. The van der Waals surface area contributed by atoms with E-state index in [1.807, 2.05) is 39.5 Å². The average Bonchev–Trinajstić information content (AvgIpc) is 2.45. The Morgan fingerprint density at radius 3 is 2.12 bits per heavy atom. The molecule has 0 aliphatic heterocycles. The van der Waals surface area contributed by atoms with E-state index in [9.17, 15) is 0 Å². The fourth-order valence-corrected chi connectivity index (χ4v) is 3.87. The highest BCUT2D eigenvalue weighted by atomic mass is 35.5. The highest BCUT2D eigenvalue weighted by Crippen LogP contribution is 2.23. The first-order valence-corrected chi connectivity index (χ1v) is 9.75. The quantitative estimate of drug-likeness (QED) is 0.627. The molecule has 0 radical (unpaired) electrons. The van der Waals surface area contributed by atoms with Crippen molar-refractivity contribution in [2.75, 3.05) is 0 Å². The van der Waals surface area contributed by atoms with Crippen LogP contribution in [0.2, 0.25) is 5.02 Å². The van der Waals surface area contributed by atoms with E-state index in [0.717, 1.165) is 5.70 Å². The Morgan fingerprint density at radius 2 is 1.71 bits per heavy atom. The highest BCUT2D eigenvalue weighted by Gasteiger charge is 2.25. The van der Waals surface area contributed by atoms with Gasteiger partial charge in [0.15, 0.2) is 0 Å². The first-order valence-electron chi connectivity index (χ1n) is 7.67. The minimum atomic E-state index is -2.67. The van der Waals surface area contributed by atoms with E-state index in [-0.39, 0.29) is 17.2 Å². The Hall–Kier alpha value is -1.60. The van der Waals surface area contributed by atoms with Gasteiger partial charge in [0.25, 0.3) is 0 Å². The number of nitrogens with zero attached hydrogens (tertiary/aromatic N) is 3. The molecule has 8 heteroatoms. The van der Waals surface area contributed by atoms with Crippen molar-refractivity contribution in [2.45, 2.75) is 51.8 Å². The van der Waals surface area contributed by atoms with Crippen molar-refractivity contribution < 1.29 is 0 Å². The summed E-state index contributed by atoms with van der Waals surface area (Å²) in [6, 6.07) is 0.144. The second kappa shape index (κ2) is 7.98. The Morgan fingerprint density at radius 1 is 1.21 bits per heavy atom. The van der Waals surface area contributed by atoms with Crippen molar-refractivity contribution in [1.29, 1.82) is 9.56 Å². The summed E-state index contributed by atoms with van der Waals surface area (Å²) in [7, 11) is -2.67. The van der Waals surface area contributed by atoms with Gasteiger partial charge in [-0.1, -0.05) is 31.7 Å². The zero-order valence-corrected chi connectivity index (χ0v) is 16.5. The summed E-state index contributed by atoms with van der Waals surface area (Å²) in [6.45, 7) is 17.6. The zero-order valence-electron chi connectivity index (χ0n) is 14.9. The number of aromatic nitrogens is 2. The van der Waals surface area contributed by atoms with E-state index in [1.165, 1.54) is 12.4 Å². The first-order chi connectivity index (χ1) is 11.0. The molecule has 1 aromatic heterocycles. The third kappa shape index (κ3) is 4.95. The van der Waals surface area contributed by atoms with Gasteiger partial charge in [-0.25, -0.2) is 9.97 Å². The molecule has 0 fully saturated rings. The smallest absolute Gasteiger partial charge is 0.132 e. The first kappa shape index (κ1) is 20.4. The van der Waals surface area contributed by atoms with Gasteiger partial charge in [-0.15, -0.1) is 0 Å². The van der Waals surface area contributed by atoms with E-state index >= 15 is 0 Å². The maximum Gasteiger partial charge on any atom is 0.132 e. The molecular formula is C16H27ClN6S. The van der Waals surface area contributed by atoms with Crippen LogP contribution in [0.5, 0.6) is 0 Å². The van der Waals surface area contributed by atoms with Crippen molar-refractivity contribution in [3.05, 3.63) is 47.9 Å². The Balaban J connectivity index is 2.96. The zero-order chi connectivity index (χ0) is 18.7. The average molecular weight is 371 g/mol. The predicted molar refractivity (Wildman–Crippen MR) is 102 cm³/mol. The number of hydrogen-bond donors (Lipinski definition) is 3. The van der Waals surface area contributed by atoms with Crippen molar-refractivity contribution in [2.24, 2.45) is 0 Å². The molecule has 1 rings (SSSR count). The van der Waals surface area contributed by atoms with Gasteiger partial charge >= 0.3 is 0 Å². The molecule has 2 atom stereocenters. The molecule has 0 aliphatic rings. The van der Waals surface area contributed by atoms with Crippen molar-refractivity contribution in [3.8, 4) is 0 Å². The topological polar surface area (TPSA) is 88.8 Å². The van der Waals surface area contributed by atoms with Crippen molar-refractivity contribution >= 4 is 21.4 Å². The highest BCUT2D eigenvalue weighted by molar-refractivity contribution is 7.92. The maximum atomic E-state index is 8.50. The van der Waals surface area contributed by atoms with Crippen molar-refractivity contribution in [3.63, 3.8) is 0 Å². The van der Waals surface area contributed by atoms with Crippen molar-refractivity contribution in [1.82, 2.24) is 19.6 Å². The van der Waals surface area contributed by atoms with Crippen LogP contribution in [0.15, 0.2) is 37.1 Å². The molecule has 0 amide bonds. The standard InChI is InChI=1S/C16H27ClN6S/c1-10(2)23(11(3)4)14(7)22-24(18,19)13(6)12(5)16-20-8-15(17)9-21-16/h8-9,11-13H,1,7H2,2-6H3,(H3,18,19,22)/t12-,13-/m0/s1. The molecular weight excluding hydrogens is 344 g/mol. The molecule has 1 heterocycles. The van der Waals surface area contributed by atoms with Crippen LogP contribution < -0.4 is 4.72 Å². The maximum absolute atomic E-state index is 8.50. The predicted octanol–water partition coefficient (Wildman–Crippen LogP) is 4.52.